The Morgan fingerprint density at radius 1 is 0.773 bits per heavy atom. The third-order valence-corrected chi connectivity index (χ3v) is 6.79. The summed E-state index contributed by atoms with van der Waals surface area (Å²) >= 11 is 0. The van der Waals surface area contributed by atoms with E-state index >= 15 is 0 Å². The molecule has 0 spiro atoms. The van der Waals surface area contributed by atoms with Crippen LogP contribution in [0.3, 0.4) is 0 Å². The number of carbonyl (C=O) groups excluding carboxylic acids is 5. The van der Waals surface area contributed by atoms with Gasteiger partial charge < -0.3 is 48.3 Å². The lowest BCUT2D eigenvalue weighted by atomic mass is 10.0. The second kappa shape index (κ2) is 15.2. The van der Waals surface area contributed by atoms with Gasteiger partial charge >= 0.3 is 5.97 Å². The van der Waals surface area contributed by atoms with E-state index in [1.165, 1.54) is 24.3 Å². The summed E-state index contributed by atoms with van der Waals surface area (Å²) in [7, 11) is 0. The van der Waals surface area contributed by atoms with Crippen LogP contribution in [-0.4, -0.2) is 74.9 Å². The number of para-hydroxylation sites is 1. The maximum atomic E-state index is 13.7. The number of aromatic amines is 1. The maximum absolute atomic E-state index is 13.7. The van der Waals surface area contributed by atoms with Crippen LogP contribution < -0.4 is 33.2 Å². The van der Waals surface area contributed by atoms with Crippen molar-refractivity contribution in [2.45, 2.75) is 56.3 Å². The van der Waals surface area contributed by atoms with Crippen molar-refractivity contribution in [2.75, 3.05) is 0 Å². The molecule has 0 aliphatic carbocycles. The maximum Gasteiger partial charge on any atom is 0.326 e. The molecule has 0 aliphatic rings. The number of rotatable bonds is 16. The van der Waals surface area contributed by atoms with Gasteiger partial charge in [0.1, 0.15) is 23.9 Å². The largest absolute Gasteiger partial charge is 0.508 e. The van der Waals surface area contributed by atoms with Gasteiger partial charge in [-0.1, -0.05) is 30.3 Å². The number of primary amides is 2. The van der Waals surface area contributed by atoms with Crippen LogP contribution in [0.1, 0.15) is 30.4 Å². The first-order chi connectivity index (χ1) is 20.8. The number of aromatic hydroxyl groups is 1. The van der Waals surface area contributed by atoms with E-state index < -0.39 is 66.1 Å². The van der Waals surface area contributed by atoms with Gasteiger partial charge in [0.2, 0.25) is 29.5 Å². The number of H-pyrrole nitrogens is 1. The van der Waals surface area contributed by atoms with E-state index in [0.29, 0.717) is 11.1 Å². The molecule has 2 aromatic carbocycles. The molecule has 0 bridgehead atoms. The second-order valence-corrected chi connectivity index (χ2v) is 10.2. The van der Waals surface area contributed by atoms with Crippen molar-refractivity contribution < 1.29 is 39.0 Å². The van der Waals surface area contributed by atoms with Gasteiger partial charge in [-0.05, 0) is 35.7 Å². The van der Waals surface area contributed by atoms with Crippen molar-refractivity contribution in [3.63, 3.8) is 0 Å². The lowest BCUT2D eigenvalue weighted by Crippen LogP contribution is -2.58. The Kier molecular flexibility index (Phi) is 11.4. The molecule has 1 heterocycles. The van der Waals surface area contributed by atoms with E-state index in [1.54, 1.807) is 18.3 Å². The number of aromatic nitrogens is 1. The fourth-order valence-electron chi connectivity index (χ4n) is 4.48. The molecule has 3 rings (SSSR count). The fourth-order valence-corrected chi connectivity index (χ4v) is 4.48. The van der Waals surface area contributed by atoms with E-state index in [0.717, 1.165) is 10.9 Å². The number of hydrogen-bond donors (Lipinski definition) is 9. The third kappa shape index (κ3) is 9.55. The van der Waals surface area contributed by atoms with E-state index in [1.807, 2.05) is 12.1 Å². The SMILES string of the molecule is NC(=O)CCC(NC(=O)C(Cc1c[nH]c2ccccc12)NC(=O)C(Cc1ccc(O)cc1)NC(=O)C(N)CC(N)=O)C(=O)O. The first kappa shape index (κ1) is 33.1. The van der Waals surface area contributed by atoms with Crippen LogP contribution in [0.15, 0.2) is 54.7 Å². The number of phenolic OH excluding ortho intramolecular Hbond substituents is 1. The molecule has 12 N–H and O–H groups in total. The number of phenols is 1. The highest BCUT2D eigenvalue weighted by Crippen LogP contribution is 2.20. The fraction of sp³-hybridized carbons (Fsp3) is 0.310. The van der Waals surface area contributed by atoms with Gasteiger partial charge in [0.25, 0.3) is 0 Å². The molecule has 3 aromatic rings. The van der Waals surface area contributed by atoms with Gasteiger partial charge in [-0.15, -0.1) is 0 Å². The number of aliphatic carboxylic acids is 1. The summed E-state index contributed by atoms with van der Waals surface area (Å²) in [6.45, 7) is 0. The van der Waals surface area contributed by atoms with E-state index in [9.17, 15) is 39.0 Å². The van der Waals surface area contributed by atoms with Gasteiger partial charge in [0.05, 0.1) is 12.5 Å². The zero-order chi connectivity index (χ0) is 32.4. The predicted molar refractivity (Wildman–Crippen MR) is 157 cm³/mol. The number of carbonyl (C=O) groups is 6. The Hall–Kier alpha value is -5.44. The molecule has 234 valence electrons. The molecular weight excluding hydrogens is 574 g/mol. The highest BCUT2D eigenvalue weighted by molar-refractivity contribution is 5.96. The van der Waals surface area contributed by atoms with Gasteiger partial charge in [0, 0.05) is 36.4 Å². The van der Waals surface area contributed by atoms with E-state index in [-0.39, 0.29) is 31.4 Å². The summed E-state index contributed by atoms with van der Waals surface area (Å²) in [6.07, 6.45) is 0.415. The van der Waals surface area contributed by atoms with Crippen molar-refractivity contribution >= 4 is 46.4 Å². The Bertz CT molecular complexity index is 1520. The summed E-state index contributed by atoms with van der Waals surface area (Å²) in [4.78, 5) is 77.3. The number of nitrogens with one attached hydrogen (secondary N) is 4. The molecule has 4 unspecified atom stereocenters. The first-order valence-corrected chi connectivity index (χ1v) is 13.6. The minimum atomic E-state index is -1.48. The van der Waals surface area contributed by atoms with Crippen molar-refractivity contribution in [2.24, 2.45) is 17.2 Å². The van der Waals surface area contributed by atoms with Crippen LogP contribution >= 0.6 is 0 Å². The Balaban J connectivity index is 1.91. The molecule has 0 saturated carbocycles. The summed E-state index contributed by atoms with van der Waals surface area (Å²) in [6, 6.07) is 7.56. The smallest absolute Gasteiger partial charge is 0.326 e. The third-order valence-electron chi connectivity index (χ3n) is 6.79. The molecule has 15 nitrogen and oxygen atoms in total. The number of benzene rings is 2. The number of nitrogens with two attached hydrogens (primary N) is 3. The lowest BCUT2D eigenvalue weighted by molar-refractivity contribution is -0.142. The minimum absolute atomic E-state index is 0.0259. The first-order valence-electron chi connectivity index (χ1n) is 13.6. The average molecular weight is 610 g/mol. The number of carboxylic acid groups (broad SMARTS) is 1. The monoisotopic (exact) mass is 609 g/mol. The summed E-state index contributed by atoms with van der Waals surface area (Å²) in [5, 5.41) is 27.4. The molecule has 0 radical (unpaired) electrons. The van der Waals surface area contributed by atoms with Crippen LogP contribution in [0, 0.1) is 0 Å². The number of hydrogen-bond acceptors (Lipinski definition) is 8. The highest BCUT2D eigenvalue weighted by atomic mass is 16.4. The standard InChI is InChI=1S/C29H35N7O8/c30-19(13-25(32)39)26(40)35-22(11-15-5-7-17(37)8-6-15)27(41)36-23(12-16-14-33-20-4-2-1-3-18(16)20)28(42)34-21(29(43)44)9-10-24(31)38/h1-8,14,19,21-23,33,37H,9-13,30H2,(H2,31,38)(H2,32,39)(H,34,42)(H,35,40)(H,36,41)(H,43,44). The molecule has 0 aliphatic heterocycles. The lowest BCUT2D eigenvalue weighted by Gasteiger charge is -2.25. The number of carboxylic acids is 1. The second-order valence-electron chi connectivity index (χ2n) is 10.2. The quantitative estimate of drug-likeness (QED) is 0.0929. The molecule has 5 amide bonds. The number of amides is 5. The summed E-state index contributed by atoms with van der Waals surface area (Å²) in [5.74, 6) is -5.54. The molecule has 0 fully saturated rings. The minimum Gasteiger partial charge on any atom is -0.508 e. The van der Waals surface area contributed by atoms with Crippen LogP contribution in [0.5, 0.6) is 5.75 Å². The normalized spacial score (nSPS) is 13.7. The Morgan fingerprint density at radius 3 is 1.98 bits per heavy atom. The zero-order valence-corrected chi connectivity index (χ0v) is 23.6. The van der Waals surface area contributed by atoms with Gasteiger partial charge in [-0.25, -0.2) is 4.79 Å². The van der Waals surface area contributed by atoms with E-state index in [4.69, 9.17) is 17.2 Å². The summed E-state index contributed by atoms with van der Waals surface area (Å²) < 4.78 is 0. The zero-order valence-electron chi connectivity index (χ0n) is 23.6. The average Bonchev–Trinajstić information content (AvgIpc) is 3.37. The van der Waals surface area contributed by atoms with Gasteiger partial charge in [-0.2, -0.15) is 0 Å². The van der Waals surface area contributed by atoms with Crippen molar-refractivity contribution in [3.8, 4) is 5.75 Å². The van der Waals surface area contributed by atoms with Crippen LogP contribution in [-0.2, 0) is 41.6 Å². The topological polar surface area (TPSA) is 273 Å². The van der Waals surface area contributed by atoms with Gasteiger partial charge in [-0.3, -0.25) is 24.0 Å². The van der Waals surface area contributed by atoms with Crippen LogP contribution in [0.25, 0.3) is 10.9 Å². The predicted octanol–water partition coefficient (Wildman–Crippen LogP) is -1.33. The molecule has 15 heteroatoms. The Morgan fingerprint density at radius 2 is 1.36 bits per heavy atom. The van der Waals surface area contributed by atoms with Gasteiger partial charge in [0.15, 0.2) is 0 Å². The molecule has 4 atom stereocenters. The summed E-state index contributed by atoms with van der Waals surface area (Å²) in [5.41, 5.74) is 18.0. The Labute approximate surface area is 251 Å². The van der Waals surface area contributed by atoms with Crippen molar-refractivity contribution in [3.05, 3.63) is 65.9 Å². The number of fused-ring (bicyclic) bond motifs is 1. The molecule has 1 aromatic heterocycles. The van der Waals surface area contributed by atoms with Crippen molar-refractivity contribution in [1.82, 2.24) is 20.9 Å². The molecule has 0 saturated heterocycles. The van der Waals surface area contributed by atoms with Crippen LogP contribution in [0.2, 0.25) is 0 Å². The molecular formula is C29H35N7O8. The highest BCUT2D eigenvalue weighted by Gasteiger charge is 2.31. The van der Waals surface area contributed by atoms with Crippen molar-refractivity contribution in [1.29, 1.82) is 0 Å². The molecule has 44 heavy (non-hydrogen) atoms. The van der Waals surface area contributed by atoms with Crippen LogP contribution in [0.4, 0.5) is 0 Å². The van der Waals surface area contributed by atoms with E-state index in [2.05, 4.69) is 20.9 Å².